The third-order valence-electron chi connectivity index (χ3n) is 1.98. The van der Waals surface area contributed by atoms with Crippen molar-refractivity contribution in [2.75, 3.05) is 6.54 Å². The van der Waals surface area contributed by atoms with Crippen molar-refractivity contribution < 1.29 is 13.2 Å². The molecule has 1 aliphatic carbocycles. The minimum Gasteiger partial charge on any atom is -0.233 e. The molecule has 0 saturated heterocycles. The Kier molecular flexibility index (Phi) is 4.03. The van der Waals surface area contributed by atoms with Gasteiger partial charge in [-0.3, -0.25) is 0 Å². The molecule has 1 rings (SSSR count). The second kappa shape index (κ2) is 5.07. The predicted octanol–water partition coefficient (Wildman–Crippen LogP) is 0.568. The van der Waals surface area contributed by atoms with E-state index in [9.17, 15) is 13.2 Å². The summed E-state index contributed by atoms with van der Waals surface area (Å²) in [5, 5.41) is -0.911. The SMILES string of the molecule is CCCNS(=O)(=O)C1C=CC=CC1=C=O. The average Bonchev–Trinajstić information content (AvgIpc) is 2.26. The van der Waals surface area contributed by atoms with Gasteiger partial charge < -0.3 is 0 Å². The lowest BCUT2D eigenvalue weighted by Gasteiger charge is -2.15. The van der Waals surface area contributed by atoms with E-state index in [0.29, 0.717) is 13.0 Å². The highest BCUT2D eigenvalue weighted by Crippen LogP contribution is 2.15. The van der Waals surface area contributed by atoms with Crippen molar-refractivity contribution in [2.45, 2.75) is 18.6 Å². The van der Waals surface area contributed by atoms with Crippen LogP contribution in [-0.2, 0) is 14.8 Å². The molecule has 0 aromatic heterocycles. The summed E-state index contributed by atoms with van der Waals surface area (Å²) in [7, 11) is -3.49. The van der Waals surface area contributed by atoms with Gasteiger partial charge in [0.2, 0.25) is 10.0 Å². The van der Waals surface area contributed by atoms with Gasteiger partial charge in [0.1, 0.15) is 11.2 Å². The summed E-state index contributed by atoms with van der Waals surface area (Å²) in [6.07, 6.45) is 6.87. The highest BCUT2D eigenvalue weighted by molar-refractivity contribution is 7.90. The first kappa shape index (κ1) is 11.9. The summed E-state index contributed by atoms with van der Waals surface area (Å²) in [4.78, 5) is 10.6. The van der Waals surface area contributed by atoms with Crippen molar-refractivity contribution >= 4 is 16.0 Å². The van der Waals surface area contributed by atoms with E-state index in [1.54, 1.807) is 18.1 Å². The van der Waals surface area contributed by atoms with Crippen LogP contribution in [0.4, 0.5) is 0 Å². The average molecular weight is 227 g/mol. The standard InChI is InChI=1S/C10H13NO3S/c1-2-7-11-15(13,14)10-6-4-3-5-9(10)8-12/h3-6,10-11H,2,7H2,1H3. The zero-order valence-electron chi connectivity index (χ0n) is 8.43. The molecule has 5 heteroatoms. The zero-order valence-corrected chi connectivity index (χ0v) is 9.25. The van der Waals surface area contributed by atoms with E-state index in [-0.39, 0.29) is 5.57 Å². The first-order chi connectivity index (χ1) is 7.11. The Morgan fingerprint density at radius 1 is 1.47 bits per heavy atom. The van der Waals surface area contributed by atoms with Crippen LogP contribution >= 0.6 is 0 Å². The highest BCUT2D eigenvalue weighted by Gasteiger charge is 2.26. The van der Waals surface area contributed by atoms with E-state index in [2.05, 4.69) is 4.72 Å². The third-order valence-corrected chi connectivity index (χ3v) is 3.67. The lowest BCUT2D eigenvalue weighted by molar-refractivity contribution is 0.564. The molecule has 0 aromatic carbocycles. The van der Waals surface area contributed by atoms with Crippen LogP contribution < -0.4 is 4.72 Å². The molecule has 0 saturated carbocycles. The molecule has 0 aliphatic heterocycles. The number of carbonyl (C=O) groups excluding carboxylic acids is 1. The molecule has 1 atom stereocenters. The molecule has 0 heterocycles. The summed E-state index contributed by atoms with van der Waals surface area (Å²) in [6, 6.07) is 0. The van der Waals surface area contributed by atoms with E-state index < -0.39 is 15.3 Å². The Hall–Kier alpha value is -1.16. The number of nitrogens with one attached hydrogen (secondary N) is 1. The van der Waals surface area contributed by atoms with Gasteiger partial charge in [0.05, 0.1) is 5.57 Å². The van der Waals surface area contributed by atoms with Crippen molar-refractivity contribution in [2.24, 2.45) is 0 Å². The normalized spacial score (nSPS) is 20.3. The summed E-state index contributed by atoms with van der Waals surface area (Å²) in [5.41, 5.74) is 0.140. The second-order valence-electron chi connectivity index (χ2n) is 3.16. The molecule has 0 radical (unpaired) electrons. The molecule has 0 fully saturated rings. The van der Waals surface area contributed by atoms with Crippen molar-refractivity contribution in [3.05, 3.63) is 29.9 Å². The maximum absolute atomic E-state index is 11.7. The number of sulfonamides is 1. The lowest BCUT2D eigenvalue weighted by Crippen LogP contribution is -2.35. The molecule has 82 valence electrons. The second-order valence-corrected chi connectivity index (χ2v) is 5.05. The number of hydrogen-bond donors (Lipinski definition) is 1. The first-order valence-electron chi connectivity index (χ1n) is 4.70. The zero-order chi connectivity index (χ0) is 11.3. The molecule has 4 nitrogen and oxygen atoms in total. The van der Waals surface area contributed by atoms with E-state index in [4.69, 9.17) is 0 Å². The fourth-order valence-electron chi connectivity index (χ4n) is 1.22. The molecular formula is C10H13NO3S. The van der Waals surface area contributed by atoms with Crippen LogP contribution in [0.25, 0.3) is 0 Å². The molecule has 1 aliphatic rings. The monoisotopic (exact) mass is 227 g/mol. The fourth-order valence-corrected chi connectivity index (χ4v) is 2.65. The van der Waals surface area contributed by atoms with Crippen LogP contribution in [0.2, 0.25) is 0 Å². The molecule has 0 spiro atoms. The largest absolute Gasteiger partial charge is 0.233 e. The Morgan fingerprint density at radius 2 is 2.20 bits per heavy atom. The Morgan fingerprint density at radius 3 is 2.80 bits per heavy atom. The van der Waals surface area contributed by atoms with Gasteiger partial charge in [-0.2, -0.15) is 0 Å². The summed E-state index contributed by atoms with van der Waals surface area (Å²) >= 11 is 0. The van der Waals surface area contributed by atoms with Crippen molar-refractivity contribution in [1.82, 2.24) is 4.72 Å². The number of rotatable bonds is 4. The van der Waals surface area contributed by atoms with Gasteiger partial charge in [0, 0.05) is 6.54 Å². The highest BCUT2D eigenvalue weighted by atomic mass is 32.2. The molecule has 1 N–H and O–H groups in total. The van der Waals surface area contributed by atoms with Crippen molar-refractivity contribution in [1.29, 1.82) is 0 Å². The van der Waals surface area contributed by atoms with Crippen LogP contribution in [0.1, 0.15) is 13.3 Å². The van der Waals surface area contributed by atoms with Gasteiger partial charge >= 0.3 is 0 Å². The fraction of sp³-hybridized carbons (Fsp3) is 0.400. The van der Waals surface area contributed by atoms with Crippen LogP contribution in [0, 0.1) is 0 Å². The smallest absolute Gasteiger partial charge is 0.223 e. The predicted molar refractivity (Wildman–Crippen MR) is 58.5 cm³/mol. The Bertz CT molecular complexity index is 428. The summed E-state index contributed by atoms with van der Waals surface area (Å²) < 4.78 is 25.9. The van der Waals surface area contributed by atoms with Gasteiger partial charge in [-0.05, 0) is 12.5 Å². The Balaban J connectivity index is 2.92. The Labute approximate surface area is 89.4 Å². The van der Waals surface area contributed by atoms with Crippen LogP contribution in [0.5, 0.6) is 0 Å². The van der Waals surface area contributed by atoms with E-state index in [1.807, 2.05) is 6.92 Å². The molecular weight excluding hydrogens is 214 g/mol. The van der Waals surface area contributed by atoms with Gasteiger partial charge in [-0.15, -0.1) is 0 Å². The van der Waals surface area contributed by atoms with Crippen LogP contribution in [0.15, 0.2) is 29.9 Å². The summed E-state index contributed by atoms with van der Waals surface area (Å²) in [5.74, 6) is 1.65. The van der Waals surface area contributed by atoms with Gasteiger partial charge in [0.15, 0.2) is 0 Å². The van der Waals surface area contributed by atoms with Gasteiger partial charge in [-0.1, -0.05) is 25.2 Å². The van der Waals surface area contributed by atoms with Crippen LogP contribution in [-0.4, -0.2) is 26.2 Å². The maximum Gasteiger partial charge on any atom is 0.223 e. The minimum absolute atomic E-state index is 0.140. The number of allylic oxidation sites excluding steroid dienone is 3. The molecule has 0 aromatic rings. The molecule has 15 heavy (non-hydrogen) atoms. The topological polar surface area (TPSA) is 63.2 Å². The quantitative estimate of drug-likeness (QED) is 0.714. The third kappa shape index (κ3) is 2.89. The molecule has 0 amide bonds. The van der Waals surface area contributed by atoms with E-state index >= 15 is 0 Å². The summed E-state index contributed by atoms with van der Waals surface area (Å²) in [6.45, 7) is 2.25. The van der Waals surface area contributed by atoms with Crippen molar-refractivity contribution in [3.63, 3.8) is 0 Å². The lowest BCUT2D eigenvalue weighted by atomic mass is 10.1. The van der Waals surface area contributed by atoms with E-state index in [0.717, 1.165) is 0 Å². The van der Waals surface area contributed by atoms with Gasteiger partial charge in [0.25, 0.3) is 0 Å². The minimum atomic E-state index is -3.49. The van der Waals surface area contributed by atoms with Crippen LogP contribution in [0.3, 0.4) is 0 Å². The first-order valence-corrected chi connectivity index (χ1v) is 6.24. The number of hydrogen-bond acceptors (Lipinski definition) is 3. The van der Waals surface area contributed by atoms with Gasteiger partial charge in [-0.25, -0.2) is 17.9 Å². The van der Waals surface area contributed by atoms with E-state index in [1.165, 1.54) is 12.2 Å². The molecule has 0 bridgehead atoms. The van der Waals surface area contributed by atoms with Crippen molar-refractivity contribution in [3.8, 4) is 0 Å². The maximum atomic E-state index is 11.7. The molecule has 1 unspecified atom stereocenters.